The number of halogens is 7. The molecular formula is C23H13BrCl3F3N4O2. The van der Waals surface area contributed by atoms with Crippen LogP contribution in [-0.2, 0) is 6.18 Å². The van der Waals surface area contributed by atoms with Crippen LogP contribution < -0.4 is 10.1 Å². The van der Waals surface area contributed by atoms with E-state index in [2.05, 4.69) is 31.3 Å². The van der Waals surface area contributed by atoms with Gasteiger partial charge in [0.05, 0.1) is 20.6 Å². The highest BCUT2D eigenvalue weighted by atomic mass is 79.9. The van der Waals surface area contributed by atoms with Gasteiger partial charge in [-0.3, -0.25) is 4.79 Å². The molecule has 2 heterocycles. The Hall–Kier alpha value is -2.79. The zero-order chi connectivity index (χ0) is 26.2. The van der Waals surface area contributed by atoms with Crippen LogP contribution in [0, 0.1) is 6.92 Å². The van der Waals surface area contributed by atoms with Gasteiger partial charge >= 0.3 is 6.18 Å². The molecule has 0 radical (unpaired) electrons. The topological polar surface area (TPSA) is 69.0 Å². The van der Waals surface area contributed by atoms with E-state index >= 15 is 0 Å². The van der Waals surface area contributed by atoms with E-state index in [1.54, 1.807) is 36.4 Å². The number of nitrogens with zero attached hydrogens (tertiary/aromatic N) is 3. The quantitative estimate of drug-likeness (QED) is 0.244. The van der Waals surface area contributed by atoms with Gasteiger partial charge in [0, 0.05) is 18.0 Å². The van der Waals surface area contributed by atoms with Crippen LogP contribution in [0.3, 0.4) is 0 Å². The van der Waals surface area contributed by atoms with Crippen molar-refractivity contribution in [1.29, 1.82) is 0 Å². The first-order valence-electron chi connectivity index (χ1n) is 9.96. The number of nitrogens with one attached hydrogen (secondary N) is 1. The Labute approximate surface area is 226 Å². The standard InChI is InChI=1S/C23H13BrCl3F3N4O2/c1-11-6-15(25)20(16(26)7-11)36-14-4-2-13(3-5-14)32-22(35)18-9-19(24)33-34(18)21-17(27)8-12(10-31-21)23(28,29)30/h2-10H,1H3,(H,32,35). The van der Waals surface area contributed by atoms with Crippen molar-refractivity contribution in [3.63, 3.8) is 0 Å². The summed E-state index contributed by atoms with van der Waals surface area (Å²) in [5.41, 5.74) is 0.247. The molecule has 0 aliphatic rings. The van der Waals surface area contributed by atoms with Gasteiger partial charge in [-0.05, 0) is 70.9 Å². The van der Waals surface area contributed by atoms with Gasteiger partial charge in [-0.1, -0.05) is 34.8 Å². The average molecular weight is 621 g/mol. The summed E-state index contributed by atoms with van der Waals surface area (Å²) in [6, 6.07) is 11.9. The second-order valence-electron chi connectivity index (χ2n) is 7.43. The maximum atomic E-state index is 12.9. The van der Waals surface area contributed by atoms with E-state index in [9.17, 15) is 18.0 Å². The van der Waals surface area contributed by atoms with Crippen LogP contribution in [0.15, 0.2) is 59.3 Å². The predicted octanol–water partition coefficient (Wildman–Crippen LogP) is 8.36. The number of anilines is 1. The molecule has 4 rings (SSSR count). The van der Waals surface area contributed by atoms with E-state index in [-0.39, 0.29) is 21.1 Å². The third-order valence-electron chi connectivity index (χ3n) is 4.74. The highest BCUT2D eigenvalue weighted by Gasteiger charge is 2.32. The Morgan fingerprint density at radius 2 is 1.67 bits per heavy atom. The molecule has 1 amide bonds. The van der Waals surface area contributed by atoms with Crippen molar-refractivity contribution in [3.8, 4) is 17.3 Å². The van der Waals surface area contributed by atoms with Gasteiger partial charge in [-0.15, -0.1) is 0 Å². The van der Waals surface area contributed by atoms with Crippen molar-refractivity contribution in [2.45, 2.75) is 13.1 Å². The fraction of sp³-hybridized carbons (Fsp3) is 0.0870. The van der Waals surface area contributed by atoms with Crippen molar-refractivity contribution in [2.75, 3.05) is 5.32 Å². The number of hydrogen-bond acceptors (Lipinski definition) is 4. The van der Waals surface area contributed by atoms with Crippen molar-refractivity contribution in [2.24, 2.45) is 0 Å². The summed E-state index contributed by atoms with van der Waals surface area (Å²) in [4.78, 5) is 16.7. The van der Waals surface area contributed by atoms with Gasteiger partial charge in [0.2, 0.25) is 0 Å². The van der Waals surface area contributed by atoms with Gasteiger partial charge in [-0.25, -0.2) is 9.67 Å². The summed E-state index contributed by atoms with van der Waals surface area (Å²) < 4.78 is 45.9. The molecule has 36 heavy (non-hydrogen) atoms. The number of carbonyl (C=O) groups excluding carboxylic acids is 1. The second kappa shape index (κ2) is 10.3. The summed E-state index contributed by atoms with van der Waals surface area (Å²) >= 11 is 21.6. The number of aryl methyl sites for hydroxylation is 1. The van der Waals surface area contributed by atoms with Gasteiger partial charge in [0.1, 0.15) is 16.0 Å². The normalized spacial score (nSPS) is 11.4. The maximum Gasteiger partial charge on any atom is 0.417 e. The molecule has 6 nitrogen and oxygen atoms in total. The number of rotatable bonds is 5. The summed E-state index contributed by atoms with van der Waals surface area (Å²) in [5, 5.41) is 7.14. The van der Waals surface area contributed by atoms with Gasteiger partial charge in [-0.2, -0.15) is 18.3 Å². The first kappa shape index (κ1) is 26.3. The fourth-order valence-electron chi connectivity index (χ4n) is 3.12. The van der Waals surface area contributed by atoms with E-state index in [1.807, 2.05) is 6.92 Å². The molecule has 0 saturated carbocycles. The number of amides is 1. The molecule has 13 heteroatoms. The molecule has 0 bridgehead atoms. The van der Waals surface area contributed by atoms with E-state index < -0.39 is 17.6 Å². The van der Waals surface area contributed by atoms with Gasteiger partial charge in [0.15, 0.2) is 11.6 Å². The predicted molar refractivity (Wildman–Crippen MR) is 135 cm³/mol. The van der Waals surface area contributed by atoms with Crippen LogP contribution in [0.25, 0.3) is 5.82 Å². The first-order valence-corrected chi connectivity index (χ1v) is 11.9. The van der Waals surface area contributed by atoms with E-state index in [0.717, 1.165) is 10.2 Å². The number of ether oxygens (including phenoxy) is 1. The zero-order valence-electron chi connectivity index (χ0n) is 18.0. The molecular weight excluding hydrogens is 608 g/mol. The van der Waals surface area contributed by atoms with Crippen LogP contribution in [-0.4, -0.2) is 20.7 Å². The first-order chi connectivity index (χ1) is 16.9. The van der Waals surface area contributed by atoms with E-state index in [1.165, 1.54) is 6.07 Å². The molecule has 0 spiro atoms. The minimum absolute atomic E-state index is 0.0189. The zero-order valence-corrected chi connectivity index (χ0v) is 21.9. The Morgan fingerprint density at radius 1 is 1.03 bits per heavy atom. The number of benzene rings is 2. The van der Waals surface area contributed by atoms with Crippen molar-refractivity contribution in [3.05, 3.63) is 91.2 Å². The molecule has 2 aromatic carbocycles. The fourth-order valence-corrected chi connectivity index (χ4v) is 4.42. The molecule has 0 fully saturated rings. The van der Waals surface area contributed by atoms with Crippen LogP contribution in [0.1, 0.15) is 21.6 Å². The molecule has 2 aromatic heterocycles. The van der Waals surface area contributed by atoms with Crippen molar-refractivity contribution < 1.29 is 22.7 Å². The minimum atomic E-state index is -4.62. The number of pyridine rings is 1. The lowest BCUT2D eigenvalue weighted by molar-refractivity contribution is -0.137. The molecule has 186 valence electrons. The smallest absolute Gasteiger partial charge is 0.417 e. The monoisotopic (exact) mass is 618 g/mol. The van der Waals surface area contributed by atoms with Gasteiger partial charge < -0.3 is 10.1 Å². The maximum absolute atomic E-state index is 12.9. The Morgan fingerprint density at radius 3 is 2.25 bits per heavy atom. The van der Waals surface area contributed by atoms with Crippen LogP contribution >= 0.6 is 50.7 Å². The number of hydrogen-bond donors (Lipinski definition) is 1. The van der Waals surface area contributed by atoms with E-state index in [4.69, 9.17) is 39.5 Å². The van der Waals surface area contributed by atoms with Crippen LogP contribution in [0.4, 0.5) is 18.9 Å². The van der Waals surface area contributed by atoms with E-state index in [0.29, 0.717) is 39.5 Å². The van der Waals surface area contributed by atoms with Crippen molar-refractivity contribution in [1.82, 2.24) is 14.8 Å². The third-order valence-corrected chi connectivity index (χ3v) is 5.96. The molecule has 0 aliphatic heterocycles. The molecule has 1 N–H and O–H groups in total. The number of alkyl halides is 3. The lowest BCUT2D eigenvalue weighted by atomic mass is 10.2. The lowest BCUT2D eigenvalue weighted by Crippen LogP contribution is -2.18. The SMILES string of the molecule is Cc1cc(Cl)c(Oc2ccc(NC(=O)c3cc(Br)nn3-c3ncc(C(F)(F)F)cc3Cl)cc2)c(Cl)c1. The number of carbonyl (C=O) groups is 1. The summed E-state index contributed by atoms with van der Waals surface area (Å²) in [6.07, 6.45) is -4.00. The highest BCUT2D eigenvalue weighted by Crippen LogP contribution is 2.37. The molecule has 0 saturated heterocycles. The summed E-state index contributed by atoms with van der Waals surface area (Å²) in [7, 11) is 0. The molecule has 0 unspecified atom stereocenters. The molecule has 0 atom stereocenters. The minimum Gasteiger partial charge on any atom is -0.454 e. The Kier molecular flexibility index (Phi) is 7.51. The number of aromatic nitrogens is 3. The largest absolute Gasteiger partial charge is 0.454 e. The highest BCUT2D eigenvalue weighted by molar-refractivity contribution is 9.10. The summed E-state index contributed by atoms with van der Waals surface area (Å²) in [5.74, 6) is -0.0232. The van der Waals surface area contributed by atoms with Crippen LogP contribution in [0.5, 0.6) is 11.5 Å². The second-order valence-corrected chi connectivity index (χ2v) is 9.46. The summed E-state index contributed by atoms with van der Waals surface area (Å²) in [6.45, 7) is 1.85. The molecule has 4 aromatic rings. The van der Waals surface area contributed by atoms with Crippen molar-refractivity contribution >= 4 is 62.3 Å². The Balaban J connectivity index is 1.54. The average Bonchev–Trinajstić information content (AvgIpc) is 3.18. The molecule has 0 aliphatic carbocycles. The third kappa shape index (κ3) is 5.78. The van der Waals surface area contributed by atoms with Gasteiger partial charge in [0.25, 0.3) is 5.91 Å². The van der Waals surface area contributed by atoms with Crippen LogP contribution in [0.2, 0.25) is 15.1 Å². The Bertz CT molecular complexity index is 1440. The lowest BCUT2D eigenvalue weighted by Gasteiger charge is -2.12.